The molecule has 0 aliphatic carbocycles. The van der Waals surface area contributed by atoms with Crippen molar-refractivity contribution >= 4 is 29.4 Å². The van der Waals surface area contributed by atoms with Crippen molar-refractivity contribution in [1.29, 1.82) is 0 Å². The highest BCUT2D eigenvalue weighted by molar-refractivity contribution is 6.31. The number of nitroso groups, excluding NO2 is 1. The van der Waals surface area contributed by atoms with Crippen LogP contribution in [0.5, 0.6) is 5.75 Å². The number of nitrogens with two attached hydrogens (primary N) is 1. The molecule has 0 radical (unpaired) electrons. The SMILES string of the molecule is C=C(N=C/C(=C\N)CCC)N1CCC(Oc2cc(=O)n(-c3ccc(N4CCC(N=O)C4=O)c(C)n3)cc2Cl)CC1. The van der Waals surface area contributed by atoms with E-state index in [0.29, 0.717) is 54.8 Å². The molecule has 212 valence electrons. The predicted molar refractivity (Wildman–Crippen MR) is 156 cm³/mol. The molecule has 2 aromatic rings. The van der Waals surface area contributed by atoms with Gasteiger partial charge in [-0.15, -0.1) is 4.91 Å². The van der Waals surface area contributed by atoms with Crippen LogP contribution in [0.4, 0.5) is 5.69 Å². The van der Waals surface area contributed by atoms with Crippen LogP contribution in [-0.2, 0) is 4.79 Å². The van der Waals surface area contributed by atoms with E-state index in [9.17, 15) is 14.5 Å². The minimum Gasteiger partial charge on any atom is -0.488 e. The van der Waals surface area contributed by atoms with E-state index < -0.39 is 6.04 Å². The van der Waals surface area contributed by atoms with E-state index in [0.717, 1.165) is 31.3 Å². The molecule has 4 heterocycles. The zero-order chi connectivity index (χ0) is 28.8. The van der Waals surface area contributed by atoms with Crippen molar-refractivity contribution in [2.45, 2.75) is 58.1 Å². The Balaban J connectivity index is 1.40. The van der Waals surface area contributed by atoms with Gasteiger partial charge in [-0.05, 0) is 37.3 Å². The molecule has 1 amide bonds. The molecule has 1 atom stereocenters. The summed E-state index contributed by atoms with van der Waals surface area (Å²) >= 11 is 6.52. The summed E-state index contributed by atoms with van der Waals surface area (Å²) in [7, 11) is 0. The third-order valence-corrected chi connectivity index (χ3v) is 7.37. The number of aryl methyl sites for hydroxylation is 1. The van der Waals surface area contributed by atoms with Crippen molar-refractivity contribution < 1.29 is 9.53 Å². The standard InChI is InChI=1S/C28H34ClN7O4/c1-4-5-20(15-30)16-31-19(3)34-11-8-21(9-12-34)40-25-14-27(37)36(17-22(25)29)26-7-6-24(18(2)32-26)35-13-10-23(33-39)28(35)38/h6-7,14-17,21,23H,3-5,8-13,30H2,1-2H3/b20-15-,31-16?. The third-order valence-electron chi connectivity index (χ3n) is 7.09. The number of piperidine rings is 1. The molecule has 0 spiro atoms. The first kappa shape index (κ1) is 29.0. The zero-order valence-electron chi connectivity index (χ0n) is 22.8. The zero-order valence-corrected chi connectivity index (χ0v) is 23.5. The lowest BCUT2D eigenvalue weighted by Gasteiger charge is -2.33. The number of ether oxygens (including phenoxy) is 1. The molecule has 2 N–H and O–H groups in total. The van der Waals surface area contributed by atoms with Crippen molar-refractivity contribution in [1.82, 2.24) is 14.5 Å². The summed E-state index contributed by atoms with van der Waals surface area (Å²) in [4.78, 5) is 48.8. The molecule has 11 nitrogen and oxygen atoms in total. The summed E-state index contributed by atoms with van der Waals surface area (Å²) in [5.74, 6) is 1.01. The summed E-state index contributed by atoms with van der Waals surface area (Å²) in [6.45, 7) is 9.72. The second-order valence-corrected chi connectivity index (χ2v) is 10.2. The van der Waals surface area contributed by atoms with E-state index >= 15 is 0 Å². The van der Waals surface area contributed by atoms with E-state index in [2.05, 4.69) is 33.6 Å². The fourth-order valence-corrected chi connectivity index (χ4v) is 5.05. The van der Waals surface area contributed by atoms with Crippen LogP contribution in [0.2, 0.25) is 5.02 Å². The van der Waals surface area contributed by atoms with Gasteiger partial charge >= 0.3 is 0 Å². The van der Waals surface area contributed by atoms with Gasteiger partial charge in [-0.1, -0.05) is 36.7 Å². The highest BCUT2D eigenvalue weighted by Gasteiger charge is 2.34. The Morgan fingerprint density at radius 2 is 2.00 bits per heavy atom. The molecule has 0 saturated carbocycles. The van der Waals surface area contributed by atoms with Crippen molar-refractivity contribution in [3.05, 3.63) is 74.5 Å². The third kappa shape index (κ3) is 6.41. The topological polar surface area (TPSA) is 135 Å². The summed E-state index contributed by atoms with van der Waals surface area (Å²) in [5.41, 5.74) is 7.40. The fraction of sp³-hybridized carbons (Fsp3) is 0.429. The second kappa shape index (κ2) is 12.9. The summed E-state index contributed by atoms with van der Waals surface area (Å²) in [6.07, 6.45) is 8.38. The smallest absolute Gasteiger partial charge is 0.260 e. The van der Waals surface area contributed by atoms with Crippen LogP contribution in [0.1, 0.15) is 44.7 Å². The number of aliphatic imine (C=N–C) groups is 1. The molecular formula is C28H34ClN7O4. The molecule has 2 aromatic heterocycles. The largest absolute Gasteiger partial charge is 0.488 e. The Labute approximate surface area is 238 Å². The number of halogens is 1. The van der Waals surface area contributed by atoms with Gasteiger partial charge in [-0.25, -0.2) is 9.98 Å². The highest BCUT2D eigenvalue weighted by Crippen LogP contribution is 2.29. The molecule has 2 aliphatic rings. The quantitative estimate of drug-likeness (QED) is 0.337. The molecule has 4 rings (SSSR count). The molecule has 0 aromatic carbocycles. The fourth-order valence-electron chi connectivity index (χ4n) is 4.85. The van der Waals surface area contributed by atoms with Crippen molar-refractivity contribution in [2.75, 3.05) is 24.5 Å². The van der Waals surface area contributed by atoms with Gasteiger partial charge in [0.05, 0.1) is 16.4 Å². The monoisotopic (exact) mass is 567 g/mol. The average Bonchev–Trinajstić information content (AvgIpc) is 3.32. The summed E-state index contributed by atoms with van der Waals surface area (Å²) in [5, 5.41) is 3.18. The number of hydrogen-bond donors (Lipinski definition) is 1. The van der Waals surface area contributed by atoms with Gasteiger partial charge in [-0.3, -0.25) is 14.2 Å². The van der Waals surface area contributed by atoms with Gasteiger partial charge in [0.2, 0.25) is 0 Å². The predicted octanol–water partition coefficient (Wildman–Crippen LogP) is 4.09. The Morgan fingerprint density at radius 3 is 2.62 bits per heavy atom. The number of aromatic nitrogens is 2. The van der Waals surface area contributed by atoms with E-state index in [1.54, 1.807) is 31.5 Å². The Hall–Kier alpha value is -3.99. The number of carbonyl (C=O) groups is 1. The van der Waals surface area contributed by atoms with Crippen LogP contribution in [-0.4, -0.2) is 58.4 Å². The maximum absolute atomic E-state index is 13.0. The number of anilines is 1. The van der Waals surface area contributed by atoms with Crippen LogP contribution in [0.15, 0.2) is 63.5 Å². The minimum atomic E-state index is -0.870. The number of likely N-dealkylation sites (tertiary alicyclic amines) is 1. The number of rotatable bonds is 10. The Kier molecular flexibility index (Phi) is 9.36. The van der Waals surface area contributed by atoms with Gasteiger partial charge in [-0.2, -0.15) is 0 Å². The van der Waals surface area contributed by atoms with E-state index in [4.69, 9.17) is 22.1 Å². The molecule has 40 heavy (non-hydrogen) atoms. The lowest BCUT2D eigenvalue weighted by molar-refractivity contribution is -0.118. The number of pyridine rings is 2. The highest BCUT2D eigenvalue weighted by atomic mass is 35.5. The van der Waals surface area contributed by atoms with E-state index in [-0.39, 0.29) is 22.6 Å². The lowest BCUT2D eigenvalue weighted by Crippen LogP contribution is -2.37. The molecule has 1 unspecified atom stereocenters. The Morgan fingerprint density at radius 1 is 1.25 bits per heavy atom. The number of carbonyl (C=O) groups excluding carboxylic acids is 1. The first-order valence-electron chi connectivity index (χ1n) is 13.3. The van der Waals surface area contributed by atoms with Crippen molar-refractivity contribution in [3.8, 4) is 11.6 Å². The van der Waals surface area contributed by atoms with Crippen LogP contribution in [0.3, 0.4) is 0 Å². The van der Waals surface area contributed by atoms with Crippen molar-refractivity contribution in [2.24, 2.45) is 15.9 Å². The number of nitrogens with zero attached hydrogens (tertiary/aromatic N) is 6. The Bertz CT molecular complexity index is 1400. The molecular weight excluding hydrogens is 534 g/mol. The van der Waals surface area contributed by atoms with E-state index in [1.165, 1.54) is 21.7 Å². The number of allylic oxidation sites excluding steroid dienone is 1. The minimum absolute atomic E-state index is 0.109. The first-order valence-corrected chi connectivity index (χ1v) is 13.7. The maximum atomic E-state index is 13.0. The van der Waals surface area contributed by atoms with Crippen LogP contribution in [0, 0.1) is 11.8 Å². The number of hydrogen-bond acceptors (Lipinski definition) is 9. The van der Waals surface area contributed by atoms with Crippen molar-refractivity contribution in [3.63, 3.8) is 0 Å². The molecule has 2 aliphatic heterocycles. The van der Waals surface area contributed by atoms with Gasteiger partial charge in [0.15, 0.2) is 6.04 Å². The van der Waals surface area contributed by atoms with Crippen LogP contribution >= 0.6 is 11.6 Å². The average molecular weight is 568 g/mol. The molecule has 0 bridgehead atoms. The molecule has 2 saturated heterocycles. The van der Waals surface area contributed by atoms with Gasteiger partial charge in [0.1, 0.15) is 23.5 Å². The second-order valence-electron chi connectivity index (χ2n) is 9.84. The number of amides is 1. The summed E-state index contributed by atoms with van der Waals surface area (Å²) in [6, 6.07) is 3.83. The first-order chi connectivity index (χ1) is 19.2. The summed E-state index contributed by atoms with van der Waals surface area (Å²) < 4.78 is 7.45. The maximum Gasteiger partial charge on any atom is 0.260 e. The van der Waals surface area contributed by atoms with Gasteiger partial charge in [0.25, 0.3) is 11.5 Å². The molecule has 12 heteroatoms. The van der Waals surface area contributed by atoms with Gasteiger partial charge < -0.3 is 20.3 Å². The van der Waals surface area contributed by atoms with Crippen LogP contribution in [0.25, 0.3) is 5.82 Å². The normalized spacial score (nSPS) is 18.5. The lowest BCUT2D eigenvalue weighted by atomic mass is 10.1. The van der Waals surface area contributed by atoms with Crippen LogP contribution < -0.4 is 20.9 Å². The van der Waals surface area contributed by atoms with E-state index in [1.807, 2.05) is 0 Å². The van der Waals surface area contributed by atoms with Gasteiger partial charge in [0, 0.05) is 57.4 Å². The molecule has 2 fully saturated rings.